The summed E-state index contributed by atoms with van der Waals surface area (Å²) >= 11 is 0. The van der Waals surface area contributed by atoms with E-state index >= 15 is 0 Å². The number of aromatic nitrogens is 1. The van der Waals surface area contributed by atoms with Crippen molar-refractivity contribution in [2.24, 2.45) is 0 Å². The van der Waals surface area contributed by atoms with Gasteiger partial charge in [0.2, 0.25) is 0 Å². The summed E-state index contributed by atoms with van der Waals surface area (Å²) < 4.78 is 4.73. The van der Waals surface area contributed by atoms with Crippen LogP contribution in [0, 0.1) is 6.92 Å². The van der Waals surface area contributed by atoms with E-state index in [1.807, 2.05) is 0 Å². The summed E-state index contributed by atoms with van der Waals surface area (Å²) in [6.07, 6.45) is 1.28. The van der Waals surface area contributed by atoms with Crippen LogP contribution in [0.3, 0.4) is 0 Å². The minimum Gasteiger partial charge on any atom is -0.480 e. The van der Waals surface area contributed by atoms with Crippen molar-refractivity contribution in [3.8, 4) is 0 Å². The van der Waals surface area contributed by atoms with Gasteiger partial charge in [-0.25, -0.2) is 4.79 Å². The van der Waals surface area contributed by atoms with Crippen molar-refractivity contribution in [3.63, 3.8) is 0 Å². The fraction of sp³-hybridized carbons (Fsp3) is 0.444. The molecule has 1 unspecified atom stereocenters. The number of aryl methyl sites for hydroxylation is 1. The van der Waals surface area contributed by atoms with Gasteiger partial charge in [0.1, 0.15) is 17.4 Å². The summed E-state index contributed by atoms with van der Waals surface area (Å²) in [5.74, 6) is -1.09. The molecule has 0 aliphatic heterocycles. The van der Waals surface area contributed by atoms with E-state index in [4.69, 9.17) is 9.63 Å². The molecule has 0 aliphatic carbocycles. The second-order valence-corrected chi connectivity index (χ2v) is 3.23. The first kappa shape index (κ1) is 11.2. The molecule has 6 nitrogen and oxygen atoms in total. The molecule has 0 fully saturated rings. The molecule has 1 rings (SSSR count). The molecule has 6 heteroatoms. The van der Waals surface area contributed by atoms with Crippen LogP contribution in [0.1, 0.15) is 23.0 Å². The number of carboxylic acids is 1. The van der Waals surface area contributed by atoms with E-state index in [2.05, 4.69) is 5.16 Å². The van der Waals surface area contributed by atoms with Crippen molar-refractivity contribution in [2.45, 2.75) is 19.9 Å². The average molecular weight is 212 g/mol. The van der Waals surface area contributed by atoms with Crippen LogP contribution >= 0.6 is 0 Å². The van der Waals surface area contributed by atoms with Gasteiger partial charge < -0.3 is 14.5 Å². The molecule has 1 amide bonds. The highest BCUT2D eigenvalue weighted by atomic mass is 16.5. The average Bonchev–Trinajstić information content (AvgIpc) is 2.60. The van der Waals surface area contributed by atoms with Crippen molar-refractivity contribution in [2.75, 3.05) is 7.05 Å². The zero-order valence-corrected chi connectivity index (χ0v) is 8.72. The number of aliphatic carboxylic acids is 1. The number of rotatable bonds is 3. The van der Waals surface area contributed by atoms with Crippen LogP contribution in [-0.2, 0) is 4.79 Å². The molecule has 0 bridgehead atoms. The number of amides is 1. The summed E-state index contributed by atoms with van der Waals surface area (Å²) in [5, 5.41) is 12.2. The summed E-state index contributed by atoms with van der Waals surface area (Å²) in [5.41, 5.74) is 0.283. The number of hydrogen-bond acceptors (Lipinski definition) is 4. The lowest BCUT2D eigenvalue weighted by molar-refractivity contribution is -0.141. The van der Waals surface area contributed by atoms with Gasteiger partial charge in [0.25, 0.3) is 5.91 Å². The number of hydrogen-bond donors (Lipinski definition) is 1. The maximum Gasteiger partial charge on any atom is 0.326 e. The molecular formula is C9H12N2O4. The monoisotopic (exact) mass is 212 g/mol. The highest BCUT2D eigenvalue weighted by Gasteiger charge is 2.25. The molecule has 0 aromatic carbocycles. The molecule has 0 aliphatic rings. The fourth-order valence-electron chi connectivity index (χ4n) is 1.04. The molecule has 82 valence electrons. The van der Waals surface area contributed by atoms with Gasteiger partial charge in [-0.1, -0.05) is 5.16 Å². The number of carbonyl (C=O) groups is 2. The Morgan fingerprint density at radius 3 is 2.60 bits per heavy atom. The van der Waals surface area contributed by atoms with Crippen molar-refractivity contribution in [1.82, 2.24) is 10.1 Å². The summed E-state index contributed by atoms with van der Waals surface area (Å²) in [6, 6.07) is -0.883. The molecule has 1 heterocycles. The highest BCUT2D eigenvalue weighted by molar-refractivity contribution is 5.96. The minimum atomic E-state index is -1.06. The third-order valence-corrected chi connectivity index (χ3v) is 2.24. The fourth-order valence-corrected chi connectivity index (χ4v) is 1.04. The predicted octanol–water partition coefficient (Wildman–Crippen LogP) is 0.528. The van der Waals surface area contributed by atoms with Gasteiger partial charge in [-0.15, -0.1) is 0 Å². The standard InChI is InChI=1S/C9H12N2O4/c1-5(9(13)14)11(3)8(12)7-4-10-15-6(7)2/h4-5H,1-3H3,(H,13,14). The first-order valence-electron chi connectivity index (χ1n) is 4.36. The van der Waals surface area contributed by atoms with Gasteiger partial charge in [-0.2, -0.15) is 0 Å². The smallest absolute Gasteiger partial charge is 0.326 e. The Kier molecular flexibility index (Phi) is 3.08. The Hall–Kier alpha value is -1.85. The third-order valence-electron chi connectivity index (χ3n) is 2.24. The summed E-state index contributed by atoms with van der Waals surface area (Å²) in [6.45, 7) is 3.03. The molecule has 0 saturated heterocycles. The van der Waals surface area contributed by atoms with Crippen LogP contribution in [-0.4, -0.2) is 40.1 Å². The third kappa shape index (κ3) is 2.15. The molecule has 1 aromatic heterocycles. The van der Waals surface area contributed by atoms with E-state index in [9.17, 15) is 9.59 Å². The first-order chi connectivity index (χ1) is 6.95. The predicted molar refractivity (Wildman–Crippen MR) is 50.4 cm³/mol. The van der Waals surface area contributed by atoms with E-state index in [0.29, 0.717) is 5.76 Å². The van der Waals surface area contributed by atoms with Crippen molar-refractivity contribution in [1.29, 1.82) is 0 Å². The van der Waals surface area contributed by atoms with E-state index < -0.39 is 17.9 Å². The number of carbonyl (C=O) groups excluding carboxylic acids is 1. The highest BCUT2D eigenvalue weighted by Crippen LogP contribution is 2.10. The van der Waals surface area contributed by atoms with E-state index in [-0.39, 0.29) is 5.56 Å². The van der Waals surface area contributed by atoms with Crippen LogP contribution in [0.5, 0.6) is 0 Å². The molecule has 1 aromatic rings. The van der Waals surface area contributed by atoms with Gasteiger partial charge >= 0.3 is 5.97 Å². The molecule has 0 spiro atoms. The molecule has 1 N–H and O–H groups in total. The largest absolute Gasteiger partial charge is 0.480 e. The topological polar surface area (TPSA) is 83.6 Å². The minimum absolute atomic E-state index is 0.283. The van der Waals surface area contributed by atoms with Gasteiger partial charge in [-0.3, -0.25) is 4.79 Å². The van der Waals surface area contributed by atoms with Gasteiger partial charge in [-0.05, 0) is 13.8 Å². The van der Waals surface area contributed by atoms with Crippen LogP contribution in [0.4, 0.5) is 0 Å². The number of likely N-dealkylation sites (N-methyl/N-ethyl adjacent to an activating group) is 1. The van der Waals surface area contributed by atoms with E-state index in [1.54, 1.807) is 6.92 Å². The lowest BCUT2D eigenvalue weighted by Crippen LogP contribution is -2.40. The second kappa shape index (κ2) is 4.12. The van der Waals surface area contributed by atoms with Crippen molar-refractivity contribution in [3.05, 3.63) is 17.5 Å². The molecule has 15 heavy (non-hydrogen) atoms. The van der Waals surface area contributed by atoms with Crippen LogP contribution < -0.4 is 0 Å². The Balaban J connectivity index is 2.86. The summed E-state index contributed by atoms with van der Waals surface area (Å²) in [7, 11) is 1.42. The van der Waals surface area contributed by atoms with Gasteiger partial charge in [0, 0.05) is 7.05 Å². The van der Waals surface area contributed by atoms with E-state index in [1.165, 1.54) is 20.2 Å². The Labute approximate surface area is 86.5 Å². The quantitative estimate of drug-likeness (QED) is 0.790. The SMILES string of the molecule is Cc1oncc1C(=O)N(C)C(C)C(=O)O. The van der Waals surface area contributed by atoms with Gasteiger partial charge in [0.05, 0.1) is 6.20 Å². The molecule has 1 atom stereocenters. The zero-order chi connectivity index (χ0) is 11.6. The van der Waals surface area contributed by atoms with Gasteiger partial charge in [0.15, 0.2) is 0 Å². The van der Waals surface area contributed by atoms with Crippen LogP contribution in [0.25, 0.3) is 0 Å². The van der Waals surface area contributed by atoms with E-state index in [0.717, 1.165) is 4.90 Å². The molecule has 0 radical (unpaired) electrons. The second-order valence-electron chi connectivity index (χ2n) is 3.23. The lowest BCUT2D eigenvalue weighted by atomic mass is 10.2. The lowest BCUT2D eigenvalue weighted by Gasteiger charge is -2.20. The maximum atomic E-state index is 11.7. The van der Waals surface area contributed by atoms with Crippen molar-refractivity contribution >= 4 is 11.9 Å². The Morgan fingerprint density at radius 2 is 2.20 bits per heavy atom. The van der Waals surface area contributed by atoms with Crippen LogP contribution in [0.15, 0.2) is 10.7 Å². The van der Waals surface area contributed by atoms with Crippen molar-refractivity contribution < 1.29 is 19.2 Å². The zero-order valence-electron chi connectivity index (χ0n) is 8.72. The Morgan fingerprint density at radius 1 is 1.60 bits per heavy atom. The number of nitrogens with zero attached hydrogens (tertiary/aromatic N) is 2. The molecule has 0 saturated carbocycles. The molecular weight excluding hydrogens is 200 g/mol. The van der Waals surface area contributed by atoms with Crippen LogP contribution in [0.2, 0.25) is 0 Å². The first-order valence-corrected chi connectivity index (χ1v) is 4.36. The Bertz CT molecular complexity index is 385. The summed E-state index contributed by atoms with van der Waals surface area (Å²) in [4.78, 5) is 23.5. The maximum absolute atomic E-state index is 11.7. The normalized spacial score (nSPS) is 12.2. The number of carboxylic acid groups (broad SMARTS) is 1.